The molecular weight excluding hydrogens is 318 g/mol. The van der Waals surface area contributed by atoms with Crippen molar-refractivity contribution >= 4 is 5.82 Å². The van der Waals surface area contributed by atoms with Crippen LogP contribution in [0, 0.1) is 0 Å². The standard InChI is InChI=1S/C18H25N5O2/c1-24-18-10-17(19-12-20-18)21-13-6-8-23(9-7-13)11-15-14-4-2-3-5-16(14)25-22-15/h10,12-13H,2-9,11H2,1H3,(H,19,20,21). The van der Waals surface area contributed by atoms with E-state index >= 15 is 0 Å². The maximum absolute atomic E-state index is 5.54. The summed E-state index contributed by atoms with van der Waals surface area (Å²) in [5.41, 5.74) is 2.53. The number of anilines is 1. The van der Waals surface area contributed by atoms with Crippen LogP contribution in [0.15, 0.2) is 16.9 Å². The van der Waals surface area contributed by atoms with Crippen molar-refractivity contribution in [3.8, 4) is 5.88 Å². The number of rotatable bonds is 5. The maximum Gasteiger partial charge on any atom is 0.218 e. The van der Waals surface area contributed by atoms with E-state index in [1.165, 1.54) is 24.7 Å². The van der Waals surface area contributed by atoms with Crippen molar-refractivity contribution in [2.24, 2.45) is 0 Å². The maximum atomic E-state index is 5.54. The first kappa shape index (κ1) is 16.3. The van der Waals surface area contributed by atoms with Crippen molar-refractivity contribution in [3.63, 3.8) is 0 Å². The molecule has 134 valence electrons. The number of methoxy groups -OCH3 is 1. The van der Waals surface area contributed by atoms with Gasteiger partial charge in [0.1, 0.15) is 23.6 Å². The van der Waals surface area contributed by atoms with Crippen LogP contribution >= 0.6 is 0 Å². The summed E-state index contributed by atoms with van der Waals surface area (Å²) in [5.74, 6) is 2.54. The van der Waals surface area contributed by atoms with Gasteiger partial charge in [0, 0.05) is 43.7 Å². The van der Waals surface area contributed by atoms with Crippen molar-refractivity contribution in [2.75, 3.05) is 25.5 Å². The molecule has 0 amide bonds. The molecule has 0 atom stereocenters. The first-order valence-electron chi connectivity index (χ1n) is 9.13. The Morgan fingerprint density at radius 3 is 2.92 bits per heavy atom. The first-order valence-corrected chi connectivity index (χ1v) is 9.13. The molecule has 3 heterocycles. The van der Waals surface area contributed by atoms with E-state index in [2.05, 4.69) is 25.3 Å². The van der Waals surface area contributed by atoms with E-state index in [9.17, 15) is 0 Å². The van der Waals surface area contributed by atoms with Gasteiger partial charge in [0.05, 0.1) is 7.11 Å². The van der Waals surface area contributed by atoms with Gasteiger partial charge in [0.2, 0.25) is 5.88 Å². The molecule has 7 heteroatoms. The number of fused-ring (bicyclic) bond motifs is 1. The highest BCUT2D eigenvalue weighted by atomic mass is 16.5. The van der Waals surface area contributed by atoms with Gasteiger partial charge in [-0.15, -0.1) is 0 Å². The van der Waals surface area contributed by atoms with Gasteiger partial charge in [-0.25, -0.2) is 9.97 Å². The van der Waals surface area contributed by atoms with Crippen LogP contribution in [-0.4, -0.2) is 46.3 Å². The molecule has 2 aliphatic rings. The van der Waals surface area contributed by atoms with Crippen LogP contribution in [0.1, 0.15) is 42.7 Å². The highest BCUT2D eigenvalue weighted by Gasteiger charge is 2.24. The van der Waals surface area contributed by atoms with Gasteiger partial charge < -0.3 is 14.6 Å². The largest absolute Gasteiger partial charge is 0.481 e. The summed E-state index contributed by atoms with van der Waals surface area (Å²) in [5, 5.41) is 7.83. The molecule has 0 spiro atoms. The summed E-state index contributed by atoms with van der Waals surface area (Å²) >= 11 is 0. The molecule has 1 fully saturated rings. The smallest absolute Gasteiger partial charge is 0.218 e. The molecule has 1 aliphatic heterocycles. The Hall–Kier alpha value is -2.15. The number of nitrogens with zero attached hydrogens (tertiary/aromatic N) is 4. The fourth-order valence-electron chi connectivity index (χ4n) is 3.76. The van der Waals surface area contributed by atoms with Crippen molar-refractivity contribution in [1.29, 1.82) is 0 Å². The average molecular weight is 343 g/mol. The number of ether oxygens (including phenoxy) is 1. The summed E-state index contributed by atoms with van der Waals surface area (Å²) in [4.78, 5) is 10.8. The summed E-state index contributed by atoms with van der Waals surface area (Å²) in [6, 6.07) is 2.27. The Balaban J connectivity index is 1.30. The van der Waals surface area contributed by atoms with Gasteiger partial charge in [-0.3, -0.25) is 4.90 Å². The van der Waals surface area contributed by atoms with Crippen LogP contribution in [0.2, 0.25) is 0 Å². The summed E-state index contributed by atoms with van der Waals surface area (Å²) in [7, 11) is 1.62. The molecule has 1 N–H and O–H groups in total. The second kappa shape index (κ2) is 7.39. The molecule has 25 heavy (non-hydrogen) atoms. The lowest BCUT2D eigenvalue weighted by Gasteiger charge is -2.32. The Morgan fingerprint density at radius 1 is 1.24 bits per heavy atom. The lowest BCUT2D eigenvalue weighted by atomic mass is 9.96. The monoisotopic (exact) mass is 343 g/mol. The zero-order valence-electron chi connectivity index (χ0n) is 14.7. The second-order valence-electron chi connectivity index (χ2n) is 6.88. The van der Waals surface area contributed by atoms with E-state index in [-0.39, 0.29) is 0 Å². The summed E-state index contributed by atoms with van der Waals surface area (Å²) < 4.78 is 10.7. The molecule has 0 radical (unpaired) electrons. The van der Waals surface area contributed by atoms with E-state index in [0.717, 1.165) is 62.6 Å². The molecule has 2 aromatic rings. The third-order valence-electron chi connectivity index (χ3n) is 5.20. The van der Waals surface area contributed by atoms with Crippen LogP contribution in [-0.2, 0) is 19.4 Å². The van der Waals surface area contributed by atoms with Crippen LogP contribution < -0.4 is 10.1 Å². The predicted molar refractivity (Wildman–Crippen MR) is 93.7 cm³/mol. The molecule has 0 bridgehead atoms. The molecule has 7 nitrogen and oxygen atoms in total. The third kappa shape index (κ3) is 3.76. The molecular formula is C18H25N5O2. The molecule has 2 aromatic heterocycles. The minimum absolute atomic E-state index is 0.432. The molecule has 0 unspecified atom stereocenters. The number of hydrogen-bond donors (Lipinski definition) is 1. The third-order valence-corrected chi connectivity index (χ3v) is 5.20. The number of aryl methyl sites for hydroxylation is 1. The second-order valence-corrected chi connectivity index (χ2v) is 6.88. The SMILES string of the molecule is COc1cc(NC2CCN(Cc3noc4c3CCCC4)CC2)ncn1. The Morgan fingerprint density at radius 2 is 2.08 bits per heavy atom. The molecule has 4 rings (SSSR count). The molecule has 0 saturated carbocycles. The van der Waals surface area contributed by atoms with E-state index < -0.39 is 0 Å². The van der Waals surface area contributed by atoms with Crippen LogP contribution in [0.25, 0.3) is 0 Å². The number of hydrogen-bond acceptors (Lipinski definition) is 7. The topological polar surface area (TPSA) is 76.3 Å². The van der Waals surface area contributed by atoms with E-state index in [1.54, 1.807) is 7.11 Å². The van der Waals surface area contributed by atoms with Crippen LogP contribution in [0.3, 0.4) is 0 Å². The Kier molecular flexibility index (Phi) is 4.83. The first-order chi connectivity index (χ1) is 12.3. The lowest BCUT2D eigenvalue weighted by Crippen LogP contribution is -2.39. The highest BCUT2D eigenvalue weighted by molar-refractivity contribution is 5.38. The van der Waals surface area contributed by atoms with Crippen molar-refractivity contribution in [3.05, 3.63) is 29.4 Å². The quantitative estimate of drug-likeness (QED) is 0.893. The van der Waals surface area contributed by atoms with Gasteiger partial charge in [0.25, 0.3) is 0 Å². The number of piperidine rings is 1. The number of aromatic nitrogens is 3. The number of nitrogens with one attached hydrogen (secondary N) is 1. The van der Waals surface area contributed by atoms with E-state index in [0.29, 0.717) is 11.9 Å². The number of likely N-dealkylation sites (tertiary alicyclic amines) is 1. The van der Waals surface area contributed by atoms with Gasteiger partial charge >= 0.3 is 0 Å². The Bertz CT molecular complexity index is 709. The summed E-state index contributed by atoms with van der Waals surface area (Å²) in [6.07, 6.45) is 8.38. The predicted octanol–water partition coefficient (Wildman–Crippen LogP) is 2.43. The van der Waals surface area contributed by atoms with Gasteiger partial charge in [0.15, 0.2) is 0 Å². The van der Waals surface area contributed by atoms with Gasteiger partial charge in [-0.2, -0.15) is 0 Å². The van der Waals surface area contributed by atoms with Crippen molar-refractivity contribution in [2.45, 2.75) is 51.1 Å². The lowest BCUT2D eigenvalue weighted by molar-refractivity contribution is 0.205. The highest BCUT2D eigenvalue weighted by Crippen LogP contribution is 2.26. The van der Waals surface area contributed by atoms with Crippen LogP contribution in [0.4, 0.5) is 5.82 Å². The fourth-order valence-corrected chi connectivity index (χ4v) is 3.76. The molecule has 0 aromatic carbocycles. The average Bonchev–Trinajstić information content (AvgIpc) is 3.07. The van der Waals surface area contributed by atoms with Crippen LogP contribution in [0.5, 0.6) is 5.88 Å². The van der Waals surface area contributed by atoms with E-state index in [4.69, 9.17) is 9.26 Å². The minimum Gasteiger partial charge on any atom is -0.481 e. The van der Waals surface area contributed by atoms with Gasteiger partial charge in [-0.05, 0) is 32.1 Å². The fraction of sp³-hybridized carbons (Fsp3) is 0.611. The molecule has 1 aliphatic carbocycles. The zero-order chi connectivity index (χ0) is 17.1. The molecule has 1 saturated heterocycles. The van der Waals surface area contributed by atoms with Crippen molar-refractivity contribution in [1.82, 2.24) is 20.0 Å². The van der Waals surface area contributed by atoms with E-state index in [1.807, 2.05) is 6.07 Å². The summed E-state index contributed by atoms with van der Waals surface area (Å²) in [6.45, 7) is 3.02. The Labute approximate surface area is 147 Å². The minimum atomic E-state index is 0.432. The van der Waals surface area contributed by atoms with Crippen molar-refractivity contribution < 1.29 is 9.26 Å². The normalized spacial score (nSPS) is 18.8. The zero-order valence-corrected chi connectivity index (χ0v) is 14.7. The van der Waals surface area contributed by atoms with Gasteiger partial charge in [-0.1, -0.05) is 5.16 Å².